The smallest absolute Gasteiger partial charge is 0.236 e. The molecule has 0 aromatic heterocycles. The van der Waals surface area contributed by atoms with Crippen LogP contribution in [0.3, 0.4) is 0 Å². The van der Waals surface area contributed by atoms with Crippen LogP contribution in [-0.4, -0.2) is 84.9 Å². The number of hydrogen-bond acceptors (Lipinski definition) is 4. The molecule has 2 rings (SSSR count). The van der Waals surface area contributed by atoms with Crippen molar-refractivity contribution in [3.8, 4) is 12.3 Å². The van der Waals surface area contributed by atoms with Gasteiger partial charge in [0.25, 0.3) is 0 Å². The second-order valence-electron chi connectivity index (χ2n) is 6.47. The van der Waals surface area contributed by atoms with E-state index in [-0.39, 0.29) is 18.4 Å². The zero-order chi connectivity index (χ0) is 16.7. The van der Waals surface area contributed by atoms with Crippen molar-refractivity contribution in [3.05, 3.63) is 0 Å². The standard InChI is InChI=1S/C17H28N4O2/c1-3-7-18-16(22)13-19-9-11-20(12-10-19)14-17(23)21-8-5-4-6-15(21)2/h1,15H,4-14H2,2H3,(H,18,22)/t15-/m1/s1. The predicted octanol–water partition coefficient (Wildman–Crippen LogP) is -0.246. The molecule has 2 saturated heterocycles. The monoisotopic (exact) mass is 320 g/mol. The number of nitrogens with one attached hydrogen (secondary N) is 1. The summed E-state index contributed by atoms with van der Waals surface area (Å²) in [6.07, 6.45) is 8.59. The van der Waals surface area contributed by atoms with Crippen molar-refractivity contribution in [3.63, 3.8) is 0 Å². The van der Waals surface area contributed by atoms with Crippen LogP contribution < -0.4 is 5.32 Å². The molecule has 2 fully saturated rings. The fourth-order valence-electron chi connectivity index (χ4n) is 3.26. The number of carbonyl (C=O) groups is 2. The van der Waals surface area contributed by atoms with E-state index in [0.717, 1.165) is 45.6 Å². The lowest BCUT2D eigenvalue weighted by Gasteiger charge is -2.37. The largest absolute Gasteiger partial charge is 0.344 e. The molecule has 2 aliphatic heterocycles. The van der Waals surface area contributed by atoms with Gasteiger partial charge < -0.3 is 10.2 Å². The summed E-state index contributed by atoms with van der Waals surface area (Å²) in [5.74, 6) is 2.61. The molecule has 0 unspecified atom stereocenters. The third-order valence-corrected chi connectivity index (χ3v) is 4.70. The fraction of sp³-hybridized carbons (Fsp3) is 0.765. The molecule has 128 valence electrons. The van der Waals surface area contributed by atoms with Gasteiger partial charge in [0.2, 0.25) is 11.8 Å². The maximum atomic E-state index is 12.4. The molecule has 0 spiro atoms. The Balaban J connectivity index is 1.69. The van der Waals surface area contributed by atoms with Gasteiger partial charge in [0.05, 0.1) is 19.6 Å². The van der Waals surface area contributed by atoms with Gasteiger partial charge in [0.1, 0.15) is 0 Å². The van der Waals surface area contributed by atoms with Crippen LogP contribution in [-0.2, 0) is 9.59 Å². The van der Waals surface area contributed by atoms with Crippen LogP contribution in [0.25, 0.3) is 0 Å². The van der Waals surface area contributed by atoms with Gasteiger partial charge in [-0.15, -0.1) is 6.42 Å². The number of rotatable bonds is 5. The van der Waals surface area contributed by atoms with Crippen molar-refractivity contribution >= 4 is 11.8 Å². The minimum Gasteiger partial charge on any atom is -0.344 e. The maximum Gasteiger partial charge on any atom is 0.236 e. The Labute approximate surface area is 139 Å². The van der Waals surface area contributed by atoms with E-state index >= 15 is 0 Å². The quantitative estimate of drug-likeness (QED) is 0.710. The molecular weight excluding hydrogens is 292 g/mol. The van der Waals surface area contributed by atoms with E-state index in [1.807, 2.05) is 4.90 Å². The van der Waals surface area contributed by atoms with Crippen molar-refractivity contribution in [2.75, 3.05) is 52.4 Å². The molecule has 0 saturated carbocycles. The summed E-state index contributed by atoms with van der Waals surface area (Å²) >= 11 is 0. The molecule has 0 aromatic carbocycles. The zero-order valence-corrected chi connectivity index (χ0v) is 14.1. The Morgan fingerprint density at radius 2 is 1.74 bits per heavy atom. The van der Waals surface area contributed by atoms with Crippen LogP contribution in [0.1, 0.15) is 26.2 Å². The third-order valence-electron chi connectivity index (χ3n) is 4.70. The van der Waals surface area contributed by atoms with E-state index in [4.69, 9.17) is 6.42 Å². The molecule has 0 aliphatic carbocycles. The highest BCUT2D eigenvalue weighted by Gasteiger charge is 2.26. The Hall–Kier alpha value is -1.58. The number of piperazine rings is 1. The van der Waals surface area contributed by atoms with Crippen LogP contribution in [0.4, 0.5) is 0 Å². The highest BCUT2D eigenvalue weighted by atomic mass is 16.2. The molecule has 1 atom stereocenters. The Kier molecular flexibility index (Phi) is 6.87. The third kappa shape index (κ3) is 5.52. The number of hydrogen-bond donors (Lipinski definition) is 1. The summed E-state index contributed by atoms with van der Waals surface area (Å²) in [5.41, 5.74) is 0. The van der Waals surface area contributed by atoms with Crippen molar-refractivity contribution in [1.29, 1.82) is 0 Å². The number of nitrogens with zero attached hydrogens (tertiary/aromatic N) is 3. The Morgan fingerprint density at radius 1 is 1.09 bits per heavy atom. The number of amides is 2. The fourth-order valence-corrected chi connectivity index (χ4v) is 3.26. The summed E-state index contributed by atoms with van der Waals surface area (Å²) in [6.45, 7) is 7.49. The molecule has 0 aromatic rings. The molecule has 0 radical (unpaired) electrons. The topological polar surface area (TPSA) is 55.9 Å². The van der Waals surface area contributed by atoms with Crippen molar-refractivity contribution in [2.45, 2.75) is 32.2 Å². The normalized spacial score (nSPS) is 23.3. The highest BCUT2D eigenvalue weighted by Crippen LogP contribution is 2.16. The number of piperidine rings is 1. The summed E-state index contributed by atoms with van der Waals surface area (Å²) in [4.78, 5) is 30.4. The van der Waals surface area contributed by atoms with Crippen LogP contribution in [0.5, 0.6) is 0 Å². The Bertz CT molecular complexity index is 452. The first-order chi connectivity index (χ1) is 11.1. The summed E-state index contributed by atoms with van der Waals surface area (Å²) in [6, 6.07) is 0.373. The average molecular weight is 320 g/mol. The first-order valence-corrected chi connectivity index (χ1v) is 8.54. The minimum atomic E-state index is -0.0328. The van der Waals surface area contributed by atoms with Gasteiger partial charge in [-0.05, 0) is 26.2 Å². The average Bonchev–Trinajstić information content (AvgIpc) is 2.55. The van der Waals surface area contributed by atoms with Crippen LogP contribution in [0, 0.1) is 12.3 Å². The molecule has 6 heteroatoms. The van der Waals surface area contributed by atoms with Crippen LogP contribution in [0.15, 0.2) is 0 Å². The van der Waals surface area contributed by atoms with E-state index < -0.39 is 0 Å². The van der Waals surface area contributed by atoms with E-state index in [1.165, 1.54) is 6.42 Å². The summed E-state index contributed by atoms with van der Waals surface area (Å²) in [5, 5.41) is 2.68. The molecule has 1 N–H and O–H groups in total. The van der Waals surface area contributed by atoms with Gasteiger partial charge in [-0.25, -0.2) is 0 Å². The predicted molar refractivity (Wildman–Crippen MR) is 89.7 cm³/mol. The first kappa shape index (κ1) is 17.8. The van der Waals surface area contributed by atoms with E-state index in [2.05, 4.69) is 28.0 Å². The lowest BCUT2D eigenvalue weighted by atomic mass is 10.0. The molecule has 23 heavy (non-hydrogen) atoms. The lowest BCUT2D eigenvalue weighted by molar-refractivity contribution is -0.136. The molecule has 2 heterocycles. The number of terminal acetylenes is 1. The molecule has 6 nitrogen and oxygen atoms in total. The van der Waals surface area contributed by atoms with Gasteiger partial charge in [-0.2, -0.15) is 0 Å². The van der Waals surface area contributed by atoms with E-state index in [0.29, 0.717) is 19.1 Å². The first-order valence-electron chi connectivity index (χ1n) is 8.54. The molecule has 2 aliphatic rings. The summed E-state index contributed by atoms with van der Waals surface area (Å²) in [7, 11) is 0. The van der Waals surface area contributed by atoms with Crippen LogP contribution >= 0.6 is 0 Å². The minimum absolute atomic E-state index is 0.0328. The zero-order valence-electron chi connectivity index (χ0n) is 14.1. The van der Waals surface area contributed by atoms with Crippen molar-refractivity contribution < 1.29 is 9.59 Å². The van der Waals surface area contributed by atoms with Gasteiger partial charge >= 0.3 is 0 Å². The molecule has 2 amide bonds. The number of carbonyl (C=O) groups excluding carboxylic acids is 2. The highest BCUT2D eigenvalue weighted by molar-refractivity contribution is 5.79. The molecule has 0 bridgehead atoms. The molecular formula is C17H28N4O2. The Morgan fingerprint density at radius 3 is 2.35 bits per heavy atom. The van der Waals surface area contributed by atoms with Gasteiger partial charge in [0, 0.05) is 38.8 Å². The van der Waals surface area contributed by atoms with Gasteiger partial charge in [0.15, 0.2) is 0 Å². The van der Waals surface area contributed by atoms with Gasteiger partial charge in [-0.1, -0.05) is 5.92 Å². The van der Waals surface area contributed by atoms with E-state index in [9.17, 15) is 9.59 Å². The van der Waals surface area contributed by atoms with Gasteiger partial charge in [-0.3, -0.25) is 19.4 Å². The van der Waals surface area contributed by atoms with Crippen molar-refractivity contribution in [1.82, 2.24) is 20.0 Å². The SMILES string of the molecule is C#CCNC(=O)CN1CCN(CC(=O)N2CCCC[C@H]2C)CC1. The van der Waals surface area contributed by atoms with Crippen molar-refractivity contribution in [2.24, 2.45) is 0 Å². The van der Waals surface area contributed by atoms with Crippen LogP contribution in [0.2, 0.25) is 0 Å². The maximum absolute atomic E-state index is 12.4. The second kappa shape index (κ2) is 8.90. The lowest BCUT2D eigenvalue weighted by Crippen LogP contribution is -2.53. The second-order valence-corrected chi connectivity index (χ2v) is 6.47. The summed E-state index contributed by atoms with van der Waals surface area (Å²) < 4.78 is 0. The number of likely N-dealkylation sites (tertiary alicyclic amines) is 1. The van der Waals surface area contributed by atoms with E-state index in [1.54, 1.807) is 0 Å².